The third-order valence-corrected chi connectivity index (χ3v) is 5.02. The lowest BCUT2D eigenvalue weighted by atomic mass is 10.2. The van der Waals surface area contributed by atoms with Crippen LogP contribution in [0.15, 0.2) is 72.3 Å². The van der Waals surface area contributed by atoms with Crippen molar-refractivity contribution in [1.82, 2.24) is 19.7 Å². The topological polar surface area (TPSA) is 72.7 Å². The van der Waals surface area contributed by atoms with Gasteiger partial charge in [-0.15, -0.1) is 10.2 Å². The number of thioether (sulfide) groups is 1. The summed E-state index contributed by atoms with van der Waals surface area (Å²) in [6, 6.07) is 16.9. The van der Waals surface area contributed by atoms with Crippen LogP contribution in [0.2, 0.25) is 5.02 Å². The Kier molecular flexibility index (Phi) is 5.04. The molecule has 27 heavy (non-hydrogen) atoms. The molecule has 0 bridgehead atoms. The van der Waals surface area contributed by atoms with Crippen LogP contribution < -0.4 is 5.32 Å². The minimum absolute atomic E-state index is 0.140. The molecule has 1 amide bonds. The number of para-hydroxylation sites is 1. The van der Waals surface area contributed by atoms with E-state index in [1.807, 2.05) is 48.5 Å². The summed E-state index contributed by atoms with van der Waals surface area (Å²) in [7, 11) is 0. The maximum atomic E-state index is 12.4. The number of aromatic nitrogens is 4. The highest BCUT2D eigenvalue weighted by atomic mass is 35.5. The molecule has 2 aromatic heterocycles. The van der Waals surface area contributed by atoms with Gasteiger partial charge in [-0.3, -0.25) is 14.3 Å². The van der Waals surface area contributed by atoms with Crippen LogP contribution in [-0.2, 0) is 4.79 Å². The van der Waals surface area contributed by atoms with Gasteiger partial charge >= 0.3 is 0 Å². The summed E-state index contributed by atoms with van der Waals surface area (Å²) in [4.78, 5) is 16.8. The fourth-order valence-electron chi connectivity index (χ4n) is 2.65. The van der Waals surface area contributed by atoms with Crippen LogP contribution in [0.25, 0.3) is 16.6 Å². The molecule has 6 nitrogen and oxygen atoms in total. The second-order valence-electron chi connectivity index (χ2n) is 5.68. The summed E-state index contributed by atoms with van der Waals surface area (Å²) in [6.45, 7) is 0. The van der Waals surface area contributed by atoms with Crippen molar-refractivity contribution in [3.8, 4) is 5.69 Å². The predicted molar refractivity (Wildman–Crippen MR) is 107 cm³/mol. The van der Waals surface area contributed by atoms with Crippen LogP contribution in [0, 0.1) is 0 Å². The van der Waals surface area contributed by atoms with Gasteiger partial charge in [0.25, 0.3) is 0 Å². The molecule has 4 rings (SSSR count). The van der Waals surface area contributed by atoms with E-state index in [2.05, 4.69) is 20.5 Å². The van der Waals surface area contributed by atoms with Gasteiger partial charge in [-0.2, -0.15) is 0 Å². The molecule has 2 heterocycles. The summed E-state index contributed by atoms with van der Waals surface area (Å²) in [5.41, 5.74) is 2.30. The van der Waals surface area contributed by atoms with Crippen LogP contribution in [0.1, 0.15) is 0 Å². The standard InChI is InChI=1S/C19H14ClN5OS/c20-14-6-2-7-15(10-14)25-12-22-24-19(25)27-11-17(26)23-16-8-1-4-13-5-3-9-21-18(13)16/h1-10,12H,11H2,(H,23,26). The Morgan fingerprint density at radius 3 is 2.89 bits per heavy atom. The highest BCUT2D eigenvalue weighted by Crippen LogP contribution is 2.23. The van der Waals surface area contributed by atoms with Crippen molar-refractivity contribution < 1.29 is 4.79 Å². The van der Waals surface area contributed by atoms with Crippen molar-refractivity contribution in [2.75, 3.05) is 11.1 Å². The van der Waals surface area contributed by atoms with Gasteiger partial charge in [-0.05, 0) is 30.3 Å². The Labute approximate surface area is 164 Å². The number of amides is 1. The first-order valence-corrected chi connectivity index (χ1v) is 9.49. The van der Waals surface area contributed by atoms with Crippen molar-refractivity contribution >= 4 is 45.9 Å². The number of nitrogens with zero attached hydrogens (tertiary/aromatic N) is 4. The lowest BCUT2D eigenvalue weighted by Crippen LogP contribution is -2.15. The average molecular weight is 396 g/mol. The normalized spacial score (nSPS) is 10.9. The number of hydrogen-bond acceptors (Lipinski definition) is 5. The first-order valence-electron chi connectivity index (χ1n) is 8.13. The first-order chi connectivity index (χ1) is 13.2. The fourth-order valence-corrected chi connectivity index (χ4v) is 3.56. The van der Waals surface area contributed by atoms with Crippen LogP contribution >= 0.6 is 23.4 Å². The molecule has 0 spiro atoms. The number of pyridine rings is 1. The number of carbonyl (C=O) groups excluding carboxylic acids is 1. The molecule has 134 valence electrons. The van der Waals surface area contributed by atoms with Crippen molar-refractivity contribution in [3.63, 3.8) is 0 Å². The summed E-state index contributed by atoms with van der Waals surface area (Å²) in [6.07, 6.45) is 3.31. The Bertz CT molecular complexity index is 1110. The zero-order chi connectivity index (χ0) is 18.6. The van der Waals surface area contributed by atoms with Gasteiger partial charge in [0.1, 0.15) is 6.33 Å². The van der Waals surface area contributed by atoms with E-state index in [9.17, 15) is 4.79 Å². The molecule has 1 N–H and O–H groups in total. The predicted octanol–water partition coefficient (Wildman–Crippen LogP) is 4.20. The molecule has 0 aliphatic rings. The van der Waals surface area contributed by atoms with E-state index in [0.717, 1.165) is 16.6 Å². The smallest absolute Gasteiger partial charge is 0.234 e. The average Bonchev–Trinajstić information content (AvgIpc) is 3.15. The number of hydrogen-bond donors (Lipinski definition) is 1. The summed E-state index contributed by atoms with van der Waals surface area (Å²) < 4.78 is 1.79. The number of fused-ring (bicyclic) bond motifs is 1. The second-order valence-corrected chi connectivity index (χ2v) is 7.06. The molecule has 0 aliphatic carbocycles. The van der Waals surface area contributed by atoms with E-state index in [0.29, 0.717) is 15.9 Å². The minimum atomic E-state index is -0.140. The molecular formula is C19H14ClN5OS. The van der Waals surface area contributed by atoms with Gasteiger partial charge in [-0.1, -0.05) is 47.6 Å². The van der Waals surface area contributed by atoms with E-state index in [-0.39, 0.29) is 11.7 Å². The van der Waals surface area contributed by atoms with E-state index < -0.39 is 0 Å². The van der Waals surface area contributed by atoms with Gasteiger partial charge in [0.05, 0.1) is 22.6 Å². The van der Waals surface area contributed by atoms with E-state index in [1.54, 1.807) is 23.2 Å². The number of anilines is 1. The van der Waals surface area contributed by atoms with E-state index in [4.69, 9.17) is 11.6 Å². The molecule has 0 atom stereocenters. The van der Waals surface area contributed by atoms with E-state index >= 15 is 0 Å². The summed E-state index contributed by atoms with van der Waals surface area (Å²) in [5, 5.41) is 13.2. The van der Waals surface area contributed by atoms with Gasteiger partial charge in [0, 0.05) is 16.6 Å². The van der Waals surface area contributed by atoms with E-state index in [1.165, 1.54) is 11.8 Å². The number of carbonyl (C=O) groups is 1. The quantitative estimate of drug-likeness (QED) is 0.513. The first kappa shape index (κ1) is 17.5. The number of nitrogens with one attached hydrogen (secondary N) is 1. The fraction of sp³-hybridized carbons (Fsp3) is 0.0526. The molecule has 0 saturated heterocycles. The number of benzene rings is 2. The van der Waals surface area contributed by atoms with Crippen molar-refractivity contribution in [3.05, 3.63) is 72.1 Å². The van der Waals surface area contributed by atoms with Crippen LogP contribution in [0.5, 0.6) is 0 Å². The van der Waals surface area contributed by atoms with Crippen LogP contribution in [0.3, 0.4) is 0 Å². The highest BCUT2D eigenvalue weighted by Gasteiger charge is 2.12. The van der Waals surface area contributed by atoms with Gasteiger partial charge in [0.15, 0.2) is 5.16 Å². The second kappa shape index (κ2) is 7.77. The van der Waals surface area contributed by atoms with Crippen molar-refractivity contribution in [2.45, 2.75) is 5.16 Å². The molecular weight excluding hydrogens is 382 g/mol. The molecule has 0 unspecified atom stereocenters. The molecule has 4 aromatic rings. The number of halogens is 1. The monoisotopic (exact) mass is 395 g/mol. The third-order valence-electron chi connectivity index (χ3n) is 3.84. The van der Waals surface area contributed by atoms with Crippen LogP contribution in [0.4, 0.5) is 5.69 Å². The van der Waals surface area contributed by atoms with Gasteiger partial charge < -0.3 is 5.32 Å². The molecule has 8 heteroatoms. The maximum absolute atomic E-state index is 12.4. The Morgan fingerprint density at radius 2 is 2.00 bits per heavy atom. The maximum Gasteiger partial charge on any atom is 0.234 e. The molecule has 0 aliphatic heterocycles. The van der Waals surface area contributed by atoms with Crippen molar-refractivity contribution in [2.24, 2.45) is 0 Å². The third kappa shape index (κ3) is 3.94. The number of rotatable bonds is 5. The van der Waals surface area contributed by atoms with Gasteiger partial charge in [-0.25, -0.2) is 0 Å². The lowest BCUT2D eigenvalue weighted by Gasteiger charge is -2.09. The van der Waals surface area contributed by atoms with Crippen molar-refractivity contribution in [1.29, 1.82) is 0 Å². The zero-order valence-electron chi connectivity index (χ0n) is 14.0. The Hall–Kier alpha value is -2.90. The lowest BCUT2D eigenvalue weighted by molar-refractivity contribution is -0.113. The summed E-state index contributed by atoms with van der Waals surface area (Å²) in [5.74, 6) is 0.0569. The van der Waals surface area contributed by atoms with Gasteiger partial charge in [0.2, 0.25) is 5.91 Å². The summed E-state index contributed by atoms with van der Waals surface area (Å²) >= 11 is 7.35. The Balaban J connectivity index is 1.47. The Morgan fingerprint density at radius 1 is 1.15 bits per heavy atom. The largest absolute Gasteiger partial charge is 0.323 e. The molecule has 0 fully saturated rings. The highest BCUT2D eigenvalue weighted by molar-refractivity contribution is 7.99. The molecule has 0 saturated carbocycles. The SMILES string of the molecule is O=C(CSc1nncn1-c1cccc(Cl)c1)Nc1cccc2cccnc12. The minimum Gasteiger partial charge on any atom is -0.323 e. The molecule has 2 aromatic carbocycles. The molecule has 0 radical (unpaired) electrons. The van der Waals surface area contributed by atoms with Crippen LogP contribution in [-0.4, -0.2) is 31.4 Å². The zero-order valence-corrected chi connectivity index (χ0v) is 15.6.